The molecule has 0 aliphatic rings. The minimum Gasteiger partial charge on any atom is -0.491 e. The highest BCUT2D eigenvalue weighted by Gasteiger charge is 2.03. The second-order valence-electron chi connectivity index (χ2n) is 3.83. The summed E-state index contributed by atoms with van der Waals surface area (Å²) in [5, 5.41) is 9.15. The predicted octanol–water partition coefficient (Wildman–Crippen LogP) is 2.29. The van der Waals surface area contributed by atoms with E-state index in [2.05, 4.69) is 24.8 Å². The first kappa shape index (κ1) is 12.8. The zero-order valence-electron chi connectivity index (χ0n) is 10.3. The zero-order valence-corrected chi connectivity index (χ0v) is 10.3. The van der Waals surface area contributed by atoms with Crippen molar-refractivity contribution >= 4 is 5.69 Å². The molecule has 1 rings (SSSR count). The third-order valence-corrected chi connectivity index (χ3v) is 2.44. The normalized spacial score (nSPS) is 12.2. The van der Waals surface area contributed by atoms with Crippen molar-refractivity contribution < 1.29 is 9.84 Å². The summed E-state index contributed by atoms with van der Waals surface area (Å²) >= 11 is 0. The standard InChI is InChI=1S/C13H21NO2/c1-4-14(5-2)12-7-6-8-13(9-12)16-10-11(3)15/h6-9,11,15H,4-5,10H2,1-3H3. The third kappa shape index (κ3) is 3.74. The van der Waals surface area contributed by atoms with Gasteiger partial charge in [-0.25, -0.2) is 0 Å². The summed E-state index contributed by atoms with van der Waals surface area (Å²) in [5.41, 5.74) is 1.16. The summed E-state index contributed by atoms with van der Waals surface area (Å²) in [6.07, 6.45) is -0.433. The molecule has 0 heterocycles. The molecule has 0 saturated carbocycles. The smallest absolute Gasteiger partial charge is 0.121 e. The first-order valence-electron chi connectivity index (χ1n) is 5.83. The molecule has 1 aromatic rings. The summed E-state index contributed by atoms with van der Waals surface area (Å²) in [4.78, 5) is 2.26. The minimum atomic E-state index is -0.433. The number of aliphatic hydroxyl groups is 1. The first-order chi connectivity index (χ1) is 7.67. The maximum atomic E-state index is 9.15. The van der Waals surface area contributed by atoms with E-state index in [4.69, 9.17) is 9.84 Å². The monoisotopic (exact) mass is 223 g/mol. The van der Waals surface area contributed by atoms with Crippen LogP contribution in [-0.4, -0.2) is 30.9 Å². The average Bonchev–Trinajstić information content (AvgIpc) is 2.29. The molecule has 0 spiro atoms. The number of hydrogen-bond donors (Lipinski definition) is 1. The van der Waals surface area contributed by atoms with Gasteiger partial charge in [0.05, 0.1) is 6.10 Å². The molecule has 3 heteroatoms. The van der Waals surface area contributed by atoms with Crippen LogP contribution in [0.4, 0.5) is 5.69 Å². The van der Waals surface area contributed by atoms with E-state index in [0.717, 1.165) is 24.5 Å². The van der Waals surface area contributed by atoms with E-state index in [1.54, 1.807) is 6.92 Å². The summed E-state index contributed by atoms with van der Waals surface area (Å²) in [6.45, 7) is 8.28. The molecule has 0 aromatic heterocycles. The summed E-state index contributed by atoms with van der Waals surface area (Å²) < 4.78 is 5.47. The Morgan fingerprint density at radius 3 is 2.56 bits per heavy atom. The lowest BCUT2D eigenvalue weighted by molar-refractivity contribution is 0.123. The van der Waals surface area contributed by atoms with Gasteiger partial charge in [0, 0.05) is 24.8 Å². The molecule has 90 valence electrons. The van der Waals surface area contributed by atoms with Crippen LogP contribution >= 0.6 is 0 Å². The van der Waals surface area contributed by atoms with Gasteiger partial charge in [0.2, 0.25) is 0 Å². The van der Waals surface area contributed by atoms with Crippen molar-refractivity contribution in [1.29, 1.82) is 0 Å². The van der Waals surface area contributed by atoms with E-state index in [9.17, 15) is 0 Å². The highest BCUT2D eigenvalue weighted by Crippen LogP contribution is 2.20. The molecule has 0 amide bonds. The number of aliphatic hydroxyl groups excluding tert-OH is 1. The Bertz CT molecular complexity index is 309. The van der Waals surface area contributed by atoms with E-state index in [0.29, 0.717) is 6.61 Å². The fourth-order valence-corrected chi connectivity index (χ4v) is 1.58. The van der Waals surface area contributed by atoms with Crippen molar-refractivity contribution in [2.75, 3.05) is 24.6 Å². The van der Waals surface area contributed by atoms with Crippen LogP contribution in [-0.2, 0) is 0 Å². The van der Waals surface area contributed by atoms with E-state index in [1.807, 2.05) is 18.2 Å². The fraction of sp³-hybridized carbons (Fsp3) is 0.538. The van der Waals surface area contributed by atoms with Gasteiger partial charge in [-0.2, -0.15) is 0 Å². The molecular formula is C13H21NO2. The van der Waals surface area contributed by atoms with Gasteiger partial charge in [-0.15, -0.1) is 0 Å². The van der Waals surface area contributed by atoms with Gasteiger partial charge in [0.1, 0.15) is 12.4 Å². The number of nitrogens with zero attached hydrogens (tertiary/aromatic N) is 1. The van der Waals surface area contributed by atoms with E-state index >= 15 is 0 Å². The molecule has 1 N–H and O–H groups in total. The van der Waals surface area contributed by atoms with E-state index < -0.39 is 6.10 Å². The number of anilines is 1. The van der Waals surface area contributed by atoms with Crippen molar-refractivity contribution in [3.8, 4) is 5.75 Å². The summed E-state index contributed by atoms with van der Waals surface area (Å²) in [6, 6.07) is 7.97. The predicted molar refractivity (Wildman–Crippen MR) is 67.2 cm³/mol. The van der Waals surface area contributed by atoms with Gasteiger partial charge >= 0.3 is 0 Å². The van der Waals surface area contributed by atoms with Gasteiger partial charge in [-0.1, -0.05) is 6.07 Å². The SMILES string of the molecule is CCN(CC)c1cccc(OCC(C)O)c1. The van der Waals surface area contributed by atoms with Gasteiger partial charge in [0.25, 0.3) is 0 Å². The molecule has 1 atom stereocenters. The summed E-state index contributed by atoms with van der Waals surface area (Å²) in [5.74, 6) is 0.810. The van der Waals surface area contributed by atoms with Crippen LogP contribution in [0.25, 0.3) is 0 Å². The number of ether oxygens (including phenoxy) is 1. The number of benzene rings is 1. The lowest BCUT2D eigenvalue weighted by Crippen LogP contribution is -2.21. The van der Waals surface area contributed by atoms with Crippen molar-refractivity contribution in [1.82, 2.24) is 0 Å². The highest BCUT2D eigenvalue weighted by molar-refractivity contribution is 5.50. The number of rotatable bonds is 6. The molecule has 16 heavy (non-hydrogen) atoms. The molecule has 1 unspecified atom stereocenters. The van der Waals surface area contributed by atoms with Gasteiger partial charge in [-0.05, 0) is 32.9 Å². The lowest BCUT2D eigenvalue weighted by Gasteiger charge is -2.21. The topological polar surface area (TPSA) is 32.7 Å². The quantitative estimate of drug-likeness (QED) is 0.803. The van der Waals surface area contributed by atoms with Crippen LogP contribution < -0.4 is 9.64 Å². The Hall–Kier alpha value is -1.22. The van der Waals surface area contributed by atoms with Gasteiger partial charge < -0.3 is 14.7 Å². The van der Waals surface area contributed by atoms with Crippen LogP contribution in [0.2, 0.25) is 0 Å². The van der Waals surface area contributed by atoms with Crippen molar-refractivity contribution in [3.63, 3.8) is 0 Å². The molecular weight excluding hydrogens is 202 g/mol. The van der Waals surface area contributed by atoms with Crippen LogP contribution in [0.1, 0.15) is 20.8 Å². The van der Waals surface area contributed by atoms with Crippen LogP contribution in [0.3, 0.4) is 0 Å². The van der Waals surface area contributed by atoms with Crippen LogP contribution in [0.5, 0.6) is 5.75 Å². The second-order valence-corrected chi connectivity index (χ2v) is 3.83. The molecule has 0 radical (unpaired) electrons. The second kappa shape index (κ2) is 6.38. The van der Waals surface area contributed by atoms with Crippen LogP contribution in [0.15, 0.2) is 24.3 Å². The Kier molecular flexibility index (Phi) is 5.12. The van der Waals surface area contributed by atoms with Crippen molar-refractivity contribution in [2.24, 2.45) is 0 Å². The van der Waals surface area contributed by atoms with E-state index in [-0.39, 0.29) is 0 Å². The molecule has 0 fully saturated rings. The fourth-order valence-electron chi connectivity index (χ4n) is 1.58. The van der Waals surface area contributed by atoms with Crippen molar-refractivity contribution in [2.45, 2.75) is 26.9 Å². The van der Waals surface area contributed by atoms with Gasteiger partial charge in [0.15, 0.2) is 0 Å². The first-order valence-corrected chi connectivity index (χ1v) is 5.83. The van der Waals surface area contributed by atoms with Gasteiger partial charge in [-0.3, -0.25) is 0 Å². The Labute approximate surface area is 97.7 Å². The third-order valence-electron chi connectivity index (χ3n) is 2.44. The Morgan fingerprint density at radius 2 is 2.00 bits per heavy atom. The molecule has 0 saturated heterocycles. The average molecular weight is 223 g/mol. The molecule has 1 aromatic carbocycles. The van der Waals surface area contributed by atoms with E-state index in [1.165, 1.54) is 0 Å². The summed E-state index contributed by atoms with van der Waals surface area (Å²) in [7, 11) is 0. The maximum absolute atomic E-state index is 9.15. The maximum Gasteiger partial charge on any atom is 0.121 e. The Morgan fingerprint density at radius 1 is 1.31 bits per heavy atom. The Balaban J connectivity index is 2.70. The molecule has 0 aliphatic heterocycles. The molecule has 0 bridgehead atoms. The number of hydrogen-bond acceptors (Lipinski definition) is 3. The molecule has 0 aliphatic carbocycles. The zero-order chi connectivity index (χ0) is 12.0. The van der Waals surface area contributed by atoms with Crippen LogP contribution in [0, 0.1) is 0 Å². The largest absolute Gasteiger partial charge is 0.491 e. The van der Waals surface area contributed by atoms with Crippen molar-refractivity contribution in [3.05, 3.63) is 24.3 Å². The molecule has 3 nitrogen and oxygen atoms in total. The minimum absolute atomic E-state index is 0.335. The highest BCUT2D eigenvalue weighted by atomic mass is 16.5. The lowest BCUT2D eigenvalue weighted by atomic mass is 10.2.